The maximum absolute atomic E-state index is 14.0. The molecular weight excluding hydrogens is 710 g/mol. The molecular formula is C33H53BrF2N6O5S. The van der Waals surface area contributed by atoms with Crippen LogP contribution < -0.4 is 26.0 Å². The Kier molecular flexibility index (Phi) is 15.9. The smallest absolute Gasteiger partial charge is 0.315 e. The van der Waals surface area contributed by atoms with Gasteiger partial charge in [-0.05, 0) is 77.0 Å². The van der Waals surface area contributed by atoms with Gasteiger partial charge in [0.1, 0.15) is 23.9 Å². The number of likely N-dealkylation sites (N-methyl/N-ethyl adjacent to an activating group) is 1. The van der Waals surface area contributed by atoms with E-state index in [0.717, 1.165) is 10.0 Å². The number of methoxy groups -OCH3 is 1. The maximum Gasteiger partial charge on any atom is 0.315 e. The Labute approximate surface area is 296 Å². The molecule has 0 bridgehead atoms. The van der Waals surface area contributed by atoms with Crippen LogP contribution in [-0.4, -0.2) is 104 Å². The number of halogens is 3. The number of likely N-dealkylation sites (tertiary alicyclic amines) is 1. The third-order valence-corrected chi connectivity index (χ3v) is 9.70. The zero-order valence-electron chi connectivity index (χ0n) is 29.5. The van der Waals surface area contributed by atoms with Gasteiger partial charge in [0.2, 0.25) is 24.1 Å². The summed E-state index contributed by atoms with van der Waals surface area (Å²) in [4.78, 5) is 55.1. The highest BCUT2D eigenvalue weighted by Gasteiger charge is 2.43. The molecule has 15 heteroatoms. The number of nitrogens with one attached hydrogen (secondary N) is 4. The summed E-state index contributed by atoms with van der Waals surface area (Å²) in [6.07, 6.45) is -0.553. The van der Waals surface area contributed by atoms with Crippen molar-refractivity contribution in [3.8, 4) is 5.75 Å². The lowest BCUT2D eigenvalue weighted by atomic mass is 9.85. The predicted octanol–water partition coefficient (Wildman–Crippen LogP) is 4.59. The minimum absolute atomic E-state index is 0.159. The number of carbonyl (C=O) groups is 4. The van der Waals surface area contributed by atoms with Gasteiger partial charge in [-0.15, -0.1) is 0 Å². The van der Waals surface area contributed by atoms with Gasteiger partial charge in [0.25, 0.3) is 0 Å². The predicted molar refractivity (Wildman–Crippen MR) is 189 cm³/mol. The number of ether oxygens (including phenoxy) is 1. The molecule has 11 nitrogen and oxygen atoms in total. The van der Waals surface area contributed by atoms with Gasteiger partial charge in [-0.2, -0.15) is 0 Å². The lowest BCUT2D eigenvalue weighted by molar-refractivity contribution is -0.142. The standard InChI is InChI=1S/C33H53BrF2N6O5S/c1-32(2,3)25(19-41(7)48-9)39-31(46)40-27(33(4,5)6)30(45)42-16-10-11-23(42)29(44)38-22(18-26(35)36)28(43)37-15-14-20-12-13-24(47-8)21(34)17-20/h12-13,17,22-23,25-27H,10-11,14-16,18-19H2,1-9H3,(H,37,43)(H,38,44)(H2,39,40,46)/t22-,23-,25+,27+/m0/s1. The molecule has 1 aliphatic heterocycles. The molecule has 5 amide bonds. The molecule has 1 fully saturated rings. The Bertz CT molecular complexity index is 1260. The zero-order chi connectivity index (χ0) is 36.4. The fourth-order valence-electron chi connectivity index (χ4n) is 5.31. The number of nitrogens with zero attached hydrogens (tertiary/aromatic N) is 2. The molecule has 4 atom stereocenters. The summed E-state index contributed by atoms with van der Waals surface area (Å²) in [5.74, 6) is -1.23. The number of amides is 5. The minimum atomic E-state index is -2.85. The molecule has 4 N–H and O–H groups in total. The van der Waals surface area contributed by atoms with Crippen LogP contribution in [0.5, 0.6) is 5.75 Å². The normalized spacial score (nSPS) is 17.1. The largest absolute Gasteiger partial charge is 0.496 e. The molecule has 1 aliphatic rings. The number of rotatable bonds is 15. The van der Waals surface area contributed by atoms with Gasteiger partial charge < -0.3 is 30.9 Å². The van der Waals surface area contributed by atoms with Crippen molar-refractivity contribution in [1.82, 2.24) is 30.5 Å². The van der Waals surface area contributed by atoms with Crippen molar-refractivity contribution in [1.29, 1.82) is 0 Å². The van der Waals surface area contributed by atoms with E-state index in [2.05, 4.69) is 37.2 Å². The molecule has 0 unspecified atom stereocenters. The number of hydrogen-bond donors (Lipinski definition) is 4. The van der Waals surface area contributed by atoms with Crippen LogP contribution in [0.4, 0.5) is 13.6 Å². The van der Waals surface area contributed by atoms with E-state index in [0.29, 0.717) is 31.6 Å². The summed E-state index contributed by atoms with van der Waals surface area (Å²) in [7, 11) is 3.48. The Morgan fingerprint density at radius 2 is 1.75 bits per heavy atom. The molecule has 0 spiro atoms. The van der Waals surface area contributed by atoms with Crippen LogP contribution in [0, 0.1) is 10.8 Å². The highest BCUT2D eigenvalue weighted by molar-refractivity contribution is 9.10. The Morgan fingerprint density at radius 3 is 2.29 bits per heavy atom. The average Bonchev–Trinajstić information content (AvgIpc) is 3.48. The summed E-state index contributed by atoms with van der Waals surface area (Å²) in [6.45, 7) is 12.5. The van der Waals surface area contributed by atoms with Crippen molar-refractivity contribution < 1.29 is 32.7 Å². The van der Waals surface area contributed by atoms with Gasteiger partial charge in [0.15, 0.2) is 0 Å². The first-order chi connectivity index (χ1) is 22.3. The molecule has 1 saturated heterocycles. The van der Waals surface area contributed by atoms with Crippen molar-refractivity contribution >= 4 is 51.6 Å². The summed E-state index contributed by atoms with van der Waals surface area (Å²) < 4.78 is 35.0. The molecule has 1 heterocycles. The van der Waals surface area contributed by atoms with Crippen molar-refractivity contribution in [3.05, 3.63) is 28.2 Å². The average molecular weight is 764 g/mol. The molecule has 0 radical (unpaired) electrons. The van der Waals surface area contributed by atoms with E-state index in [1.165, 1.54) is 4.90 Å². The lowest BCUT2D eigenvalue weighted by Gasteiger charge is -2.37. The van der Waals surface area contributed by atoms with Gasteiger partial charge in [-0.25, -0.2) is 13.6 Å². The Hall–Kier alpha value is -2.65. The van der Waals surface area contributed by atoms with E-state index in [-0.39, 0.29) is 24.5 Å². The minimum Gasteiger partial charge on any atom is -0.496 e. The van der Waals surface area contributed by atoms with E-state index in [9.17, 15) is 28.0 Å². The van der Waals surface area contributed by atoms with E-state index >= 15 is 0 Å². The van der Waals surface area contributed by atoms with Crippen LogP contribution >= 0.6 is 27.9 Å². The van der Waals surface area contributed by atoms with Crippen LogP contribution in [0.1, 0.15) is 66.4 Å². The summed E-state index contributed by atoms with van der Waals surface area (Å²) in [5, 5.41) is 11.0. The summed E-state index contributed by atoms with van der Waals surface area (Å²) in [6, 6.07) is 1.25. The van der Waals surface area contributed by atoms with Gasteiger partial charge in [0.05, 0.1) is 11.6 Å². The first-order valence-electron chi connectivity index (χ1n) is 16.1. The SMILES string of the molecule is COc1ccc(CCNC(=O)[C@H](CC(F)F)NC(=O)[C@@H]2CCCN2C(=O)[C@@H](NC(=O)N[C@H](CN(C)SC)C(C)(C)C)C(C)(C)C)cc1Br. The number of urea groups is 1. The molecule has 0 aliphatic carbocycles. The van der Waals surface area contributed by atoms with Crippen LogP contribution in [-0.2, 0) is 20.8 Å². The van der Waals surface area contributed by atoms with Crippen molar-refractivity contribution in [2.24, 2.45) is 10.8 Å². The van der Waals surface area contributed by atoms with Crippen LogP contribution in [0.15, 0.2) is 22.7 Å². The number of hydrogen-bond acceptors (Lipinski definition) is 7. The van der Waals surface area contributed by atoms with E-state index < -0.39 is 60.1 Å². The number of benzene rings is 1. The van der Waals surface area contributed by atoms with Gasteiger partial charge in [-0.1, -0.05) is 59.6 Å². The van der Waals surface area contributed by atoms with Gasteiger partial charge in [-0.3, -0.25) is 18.7 Å². The molecule has 0 aromatic heterocycles. The monoisotopic (exact) mass is 762 g/mol. The molecule has 272 valence electrons. The Balaban J connectivity index is 2.13. The van der Waals surface area contributed by atoms with E-state index in [1.54, 1.807) is 25.1 Å². The van der Waals surface area contributed by atoms with Crippen LogP contribution in [0.2, 0.25) is 0 Å². The quantitative estimate of drug-likeness (QED) is 0.193. The van der Waals surface area contributed by atoms with E-state index in [1.807, 2.05) is 71.3 Å². The summed E-state index contributed by atoms with van der Waals surface area (Å²) >= 11 is 4.96. The second-order valence-corrected chi connectivity index (χ2v) is 16.1. The fraction of sp³-hybridized carbons (Fsp3) is 0.697. The second kappa shape index (κ2) is 18.4. The van der Waals surface area contributed by atoms with E-state index in [4.69, 9.17) is 4.74 Å². The first-order valence-corrected chi connectivity index (χ1v) is 18.1. The molecule has 0 saturated carbocycles. The second-order valence-electron chi connectivity index (χ2n) is 14.2. The van der Waals surface area contributed by atoms with Crippen molar-refractivity contribution in [2.75, 3.05) is 40.0 Å². The lowest BCUT2D eigenvalue weighted by Crippen LogP contribution is -2.61. The molecule has 48 heavy (non-hydrogen) atoms. The Morgan fingerprint density at radius 1 is 1.08 bits per heavy atom. The zero-order valence-corrected chi connectivity index (χ0v) is 31.9. The van der Waals surface area contributed by atoms with Crippen molar-refractivity contribution in [2.45, 2.75) is 97.8 Å². The van der Waals surface area contributed by atoms with Crippen molar-refractivity contribution in [3.63, 3.8) is 0 Å². The third kappa shape index (κ3) is 12.7. The highest BCUT2D eigenvalue weighted by Crippen LogP contribution is 2.28. The first kappa shape index (κ1) is 41.5. The third-order valence-electron chi connectivity index (χ3n) is 8.30. The van der Waals surface area contributed by atoms with Crippen LogP contribution in [0.3, 0.4) is 0 Å². The molecule has 1 aromatic rings. The van der Waals surface area contributed by atoms with Crippen LogP contribution in [0.25, 0.3) is 0 Å². The summed E-state index contributed by atoms with van der Waals surface area (Å²) in [5.41, 5.74) is -0.105. The molecule has 1 aromatic carbocycles. The number of alkyl halides is 2. The maximum atomic E-state index is 14.0. The van der Waals surface area contributed by atoms with Gasteiger partial charge in [0, 0.05) is 32.1 Å². The topological polar surface area (TPSA) is 132 Å². The number of carbonyl (C=O) groups excluding carboxylic acids is 4. The molecule has 2 rings (SSSR count). The highest BCUT2D eigenvalue weighted by atomic mass is 79.9. The van der Waals surface area contributed by atoms with Gasteiger partial charge >= 0.3 is 6.03 Å². The fourth-order valence-corrected chi connectivity index (χ4v) is 6.20.